The molecule has 4 rings (SSSR count). The summed E-state index contributed by atoms with van der Waals surface area (Å²) in [5, 5.41) is 29.8. The van der Waals surface area contributed by atoms with Gasteiger partial charge in [-0.3, -0.25) is 9.67 Å². The average Bonchev–Trinajstić information content (AvgIpc) is 3.29. The molecule has 1 atom stereocenters. The number of aliphatic hydroxyl groups excluding tert-OH is 1. The van der Waals surface area contributed by atoms with Gasteiger partial charge in [-0.05, 0) is 35.9 Å². The zero-order valence-corrected chi connectivity index (χ0v) is 15.4. The summed E-state index contributed by atoms with van der Waals surface area (Å²) >= 11 is 1.65. The van der Waals surface area contributed by atoms with Crippen LogP contribution in [0.1, 0.15) is 26.5 Å². The van der Waals surface area contributed by atoms with Crippen LogP contribution in [0.15, 0.2) is 36.0 Å². The van der Waals surface area contributed by atoms with Crippen molar-refractivity contribution in [3.8, 4) is 11.3 Å². The number of nitrogens with zero attached hydrogens (tertiary/aromatic N) is 3. The molecule has 0 bridgehead atoms. The maximum atomic E-state index is 11.8. The summed E-state index contributed by atoms with van der Waals surface area (Å²) in [6.07, 6.45) is 4.12. The number of carbonyl (C=O) groups is 1. The molecule has 1 aliphatic carbocycles. The molecule has 0 aliphatic heterocycles. The SMILES string of the molecule is O=C(O)c1c2c(nn1CC(O)CNCc1cccs1)-c1ccncc1CC2.[LiH]. The fourth-order valence-electron chi connectivity index (χ4n) is 3.48. The number of aliphatic hydroxyl groups is 1. The number of hydrogen-bond donors (Lipinski definition) is 3. The molecule has 0 saturated heterocycles. The molecule has 3 aromatic heterocycles. The fourth-order valence-corrected chi connectivity index (χ4v) is 4.15. The number of carboxylic acids is 1. The van der Waals surface area contributed by atoms with Crippen molar-refractivity contribution >= 4 is 36.2 Å². The Morgan fingerprint density at radius 2 is 2.21 bits per heavy atom. The van der Waals surface area contributed by atoms with Crippen LogP contribution in [0.25, 0.3) is 11.3 Å². The molecule has 0 radical (unpaired) electrons. The number of pyridine rings is 1. The second kappa shape index (κ2) is 9.03. The van der Waals surface area contributed by atoms with Crippen molar-refractivity contribution in [2.75, 3.05) is 6.54 Å². The third-order valence-corrected chi connectivity index (χ3v) is 5.58. The third-order valence-electron chi connectivity index (χ3n) is 4.70. The normalized spacial score (nSPS) is 13.3. The van der Waals surface area contributed by atoms with E-state index in [-0.39, 0.29) is 31.1 Å². The van der Waals surface area contributed by atoms with Crippen molar-refractivity contribution in [3.63, 3.8) is 0 Å². The molecular weight excluding hydrogens is 371 g/mol. The second-order valence-electron chi connectivity index (χ2n) is 6.56. The standard InChI is InChI=1S/C19H20N4O3S.Li.H/c24-13(9-21-10-14-2-1-7-27-14)11-23-18(19(25)26)16-4-3-12-8-20-6-5-15(12)17(16)22-23;;/h1-2,5-8,13,21,24H,3-4,9-11H2,(H,25,26);;. The van der Waals surface area contributed by atoms with Gasteiger partial charge in [0, 0.05) is 41.5 Å². The zero-order valence-electron chi connectivity index (χ0n) is 14.6. The van der Waals surface area contributed by atoms with Gasteiger partial charge in [-0.1, -0.05) is 6.07 Å². The third kappa shape index (κ3) is 4.22. The summed E-state index contributed by atoms with van der Waals surface area (Å²) in [7, 11) is 0. The van der Waals surface area contributed by atoms with Gasteiger partial charge in [0.1, 0.15) is 5.69 Å². The van der Waals surface area contributed by atoms with Gasteiger partial charge in [0.15, 0.2) is 0 Å². The van der Waals surface area contributed by atoms with Crippen molar-refractivity contribution in [3.05, 3.63) is 57.7 Å². The molecular formula is C19H21LiN4O3S. The molecule has 3 heterocycles. The zero-order chi connectivity index (χ0) is 18.8. The monoisotopic (exact) mass is 392 g/mol. The van der Waals surface area contributed by atoms with Crippen molar-refractivity contribution < 1.29 is 15.0 Å². The van der Waals surface area contributed by atoms with E-state index >= 15 is 0 Å². The second-order valence-corrected chi connectivity index (χ2v) is 7.59. The Labute approximate surface area is 178 Å². The molecule has 7 nitrogen and oxygen atoms in total. The number of aromatic nitrogens is 3. The summed E-state index contributed by atoms with van der Waals surface area (Å²) in [5.41, 5.74) is 3.60. The van der Waals surface area contributed by atoms with E-state index in [1.54, 1.807) is 23.7 Å². The molecule has 0 amide bonds. The Hall–Kier alpha value is -1.95. The van der Waals surface area contributed by atoms with Crippen LogP contribution in [0.4, 0.5) is 0 Å². The average molecular weight is 392 g/mol. The van der Waals surface area contributed by atoms with Crippen LogP contribution in [0.2, 0.25) is 0 Å². The molecule has 1 unspecified atom stereocenters. The van der Waals surface area contributed by atoms with E-state index in [1.165, 1.54) is 9.56 Å². The molecule has 28 heavy (non-hydrogen) atoms. The summed E-state index contributed by atoms with van der Waals surface area (Å²) in [6, 6.07) is 5.88. The van der Waals surface area contributed by atoms with E-state index < -0.39 is 12.1 Å². The van der Waals surface area contributed by atoms with E-state index in [2.05, 4.69) is 15.4 Å². The number of nitrogens with one attached hydrogen (secondary N) is 1. The van der Waals surface area contributed by atoms with E-state index in [1.807, 2.05) is 23.6 Å². The van der Waals surface area contributed by atoms with E-state index in [9.17, 15) is 15.0 Å². The van der Waals surface area contributed by atoms with Crippen molar-refractivity contribution in [1.29, 1.82) is 0 Å². The number of thiophene rings is 1. The number of hydrogen-bond acceptors (Lipinski definition) is 6. The Kier molecular flexibility index (Phi) is 6.70. The quantitative estimate of drug-likeness (QED) is 0.524. The predicted octanol–water partition coefficient (Wildman–Crippen LogP) is 1.31. The van der Waals surface area contributed by atoms with E-state index in [0.29, 0.717) is 25.2 Å². The van der Waals surface area contributed by atoms with Crippen LogP contribution in [0.3, 0.4) is 0 Å². The molecule has 0 aromatic carbocycles. The Morgan fingerprint density at radius 3 is 2.96 bits per heavy atom. The van der Waals surface area contributed by atoms with Gasteiger partial charge in [0.25, 0.3) is 0 Å². The number of carboxylic acid groups (broad SMARTS) is 1. The summed E-state index contributed by atoms with van der Waals surface area (Å²) < 4.78 is 1.43. The summed E-state index contributed by atoms with van der Waals surface area (Å²) in [4.78, 5) is 17.2. The Bertz CT molecular complexity index is 958. The first-order chi connectivity index (χ1) is 13.1. The van der Waals surface area contributed by atoms with Crippen LogP contribution in [-0.2, 0) is 25.9 Å². The number of fused-ring (bicyclic) bond motifs is 3. The first-order valence-electron chi connectivity index (χ1n) is 8.81. The van der Waals surface area contributed by atoms with Crippen LogP contribution in [0, 0.1) is 0 Å². The molecule has 0 spiro atoms. The summed E-state index contributed by atoms with van der Waals surface area (Å²) in [5.74, 6) is -1.01. The molecule has 1 aliphatic rings. The van der Waals surface area contributed by atoms with Gasteiger partial charge < -0.3 is 15.5 Å². The van der Waals surface area contributed by atoms with Crippen LogP contribution < -0.4 is 5.32 Å². The molecule has 142 valence electrons. The predicted molar refractivity (Wildman–Crippen MR) is 109 cm³/mol. The van der Waals surface area contributed by atoms with Crippen molar-refractivity contribution in [2.45, 2.75) is 32.0 Å². The van der Waals surface area contributed by atoms with Crippen molar-refractivity contribution in [1.82, 2.24) is 20.1 Å². The summed E-state index contributed by atoms with van der Waals surface area (Å²) in [6.45, 7) is 1.17. The van der Waals surface area contributed by atoms with Crippen molar-refractivity contribution in [2.24, 2.45) is 0 Å². The molecule has 0 fully saturated rings. The number of rotatable bonds is 7. The van der Waals surface area contributed by atoms with Gasteiger partial charge in [-0.2, -0.15) is 5.10 Å². The van der Waals surface area contributed by atoms with E-state index in [4.69, 9.17) is 0 Å². The van der Waals surface area contributed by atoms with Gasteiger partial charge in [0.05, 0.1) is 18.3 Å². The number of aryl methyl sites for hydroxylation is 1. The van der Waals surface area contributed by atoms with Crippen LogP contribution in [-0.4, -0.2) is 62.5 Å². The molecule has 0 saturated carbocycles. The minimum atomic E-state index is -1.01. The topological polar surface area (TPSA) is 100 Å². The van der Waals surface area contributed by atoms with Gasteiger partial charge in [0.2, 0.25) is 0 Å². The van der Waals surface area contributed by atoms with Gasteiger partial charge in [-0.25, -0.2) is 4.79 Å². The fraction of sp³-hybridized carbons (Fsp3) is 0.316. The van der Waals surface area contributed by atoms with E-state index in [0.717, 1.165) is 23.1 Å². The Balaban J connectivity index is 0.00000225. The van der Waals surface area contributed by atoms with Gasteiger partial charge in [-0.15, -0.1) is 11.3 Å². The number of aromatic carboxylic acids is 1. The van der Waals surface area contributed by atoms with Crippen LogP contribution in [0.5, 0.6) is 0 Å². The molecule has 3 N–H and O–H groups in total. The first-order valence-corrected chi connectivity index (χ1v) is 9.69. The maximum absolute atomic E-state index is 11.8. The molecule has 9 heteroatoms. The van der Waals surface area contributed by atoms with Crippen LogP contribution >= 0.6 is 11.3 Å². The van der Waals surface area contributed by atoms with Gasteiger partial charge >= 0.3 is 24.8 Å². The molecule has 3 aromatic rings. The minimum absolute atomic E-state index is 0. The Morgan fingerprint density at radius 1 is 1.36 bits per heavy atom. The first kappa shape index (κ1) is 20.8.